The van der Waals surface area contributed by atoms with Gasteiger partial charge in [-0.2, -0.15) is 4.98 Å². The van der Waals surface area contributed by atoms with Gasteiger partial charge in [0.1, 0.15) is 22.8 Å². The highest BCUT2D eigenvalue weighted by Crippen LogP contribution is 2.37. The van der Waals surface area contributed by atoms with Crippen molar-refractivity contribution in [2.24, 2.45) is 0 Å². The molecular weight excluding hydrogens is 578 g/mol. The fourth-order valence-electron chi connectivity index (χ4n) is 4.18. The number of imidazole rings is 1. The molecule has 4 rings (SSSR count). The Bertz CT molecular complexity index is 1400. The third kappa shape index (κ3) is 6.40. The fourth-order valence-corrected chi connectivity index (χ4v) is 4.62. The van der Waals surface area contributed by atoms with E-state index in [1.54, 1.807) is 0 Å². The first kappa shape index (κ1) is 28.1. The van der Waals surface area contributed by atoms with Crippen LogP contribution < -0.4 is 4.90 Å². The number of halogens is 1. The number of anilines is 1. The van der Waals surface area contributed by atoms with Crippen molar-refractivity contribution in [3.05, 3.63) is 46.8 Å². The van der Waals surface area contributed by atoms with E-state index in [0.717, 1.165) is 5.56 Å². The molecule has 1 saturated heterocycles. The van der Waals surface area contributed by atoms with Gasteiger partial charge in [-0.3, -0.25) is 28.6 Å². The molecule has 0 unspecified atom stereocenters. The summed E-state index contributed by atoms with van der Waals surface area (Å²) in [7, 11) is 0. The molecule has 39 heavy (non-hydrogen) atoms. The highest BCUT2D eigenvalue weighted by molar-refractivity contribution is 9.10. The first-order valence-corrected chi connectivity index (χ1v) is 12.7. The molecule has 0 radical (unpaired) electrons. The number of rotatable bonds is 8. The first-order valence-electron chi connectivity index (χ1n) is 11.9. The minimum atomic E-state index is -1.13. The third-order valence-electron chi connectivity index (χ3n) is 5.79. The maximum absolute atomic E-state index is 12.6. The van der Waals surface area contributed by atoms with E-state index in [-0.39, 0.29) is 30.7 Å². The van der Waals surface area contributed by atoms with E-state index in [4.69, 9.17) is 18.9 Å². The van der Waals surface area contributed by atoms with E-state index >= 15 is 0 Å². The third-order valence-corrected chi connectivity index (χ3v) is 6.34. The summed E-state index contributed by atoms with van der Waals surface area (Å²) in [5.41, 5.74) is 1.47. The summed E-state index contributed by atoms with van der Waals surface area (Å²) >= 11 is 3.41. The molecule has 13 nitrogen and oxygen atoms in total. The molecule has 206 valence electrons. The van der Waals surface area contributed by atoms with Gasteiger partial charge in [-0.25, -0.2) is 9.97 Å². The molecule has 1 aromatic carbocycles. The summed E-state index contributed by atoms with van der Waals surface area (Å²) in [6.07, 6.45) is -2.84. The van der Waals surface area contributed by atoms with Crippen molar-refractivity contribution in [3.63, 3.8) is 0 Å². The van der Waals surface area contributed by atoms with Crippen LogP contribution in [0, 0.1) is 0 Å². The molecule has 1 aliphatic rings. The minimum Gasteiger partial charge on any atom is -0.463 e. The maximum Gasteiger partial charge on any atom is 0.303 e. The molecule has 0 aliphatic carbocycles. The van der Waals surface area contributed by atoms with Gasteiger partial charge in [-0.1, -0.05) is 30.3 Å². The zero-order valence-electron chi connectivity index (χ0n) is 21.6. The number of carbonyl (C=O) groups excluding carboxylic acids is 4. The van der Waals surface area contributed by atoms with Crippen LogP contribution in [0.3, 0.4) is 0 Å². The number of fused-ring (bicyclic) bond motifs is 1. The van der Waals surface area contributed by atoms with Crippen LogP contribution in [0.25, 0.3) is 11.2 Å². The van der Waals surface area contributed by atoms with E-state index in [1.807, 2.05) is 30.3 Å². The summed E-state index contributed by atoms with van der Waals surface area (Å²) in [4.78, 5) is 62.8. The number of hydrogen-bond acceptors (Lipinski definition) is 11. The number of hydrogen-bond donors (Lipinski definition) is 0. The van der Waals surface area contributed by atoms with Crippen molar-refractivity contribution in [2.45, 2.75) is 58.8 Å². The summed E-state index contributed by atoms with van der Waals surface area (Å²) in [5, 5.41) is 0. The van der Waals surface area contributed by atoms with Gasteiger partial charge in [0.15, 0.2) is 24.1 Å². The van der Waals surface area contributed by atoms with Crippen LogP contribution in [0.15, 0.2) is 41.3 Å². The average Bonchev–Trinajstić information content (AvgIpc) is 3.43. The zero-order chi connectivity index (χ0) is 28.3. The smallest absolute Gasteiger partial charge is 0.303 e. The van der Waals surface area contributed by atoms with Gasteiger partial charge in [0.05, 0.1) is 12.9 Å². The van der Waals surface area contributed by atoms with Crippen LogP contribution in [0.2, 0.25) is 0 Å². The van der Waals surface area contributed by atoms with Crippen molar-refractivity contribution >= 4 is 56.9 Å². The molecule has 0 N–H and O–H groups in total. The quantitative estimate of drug-likeness (QED) is 0.212. The number of ether oxygens (including phenoxy) is 4. The molecule has 0 saturated carbocycles. The predicted molar refractivity (Wildman–Crippen MR) is 138 cm³/mol. The Kier molecular flexibility index (Phi) is 8.55. The summed E-state index contributed by atoms with van der Waals surface area (Å²) in [6, 6.07) is 9.35. The van der Waals surface area contributed by atoms with Crippen LogP contribution in [-0.2, 0) is 44.7 Å². The SMILES string of the molecule is CC(=O)OC[C@H]1O[C@@H](n2cnc3c(Br)nc(N(Cc4ccccc4)C(C)=O)nc32)[C@H](OC(C)=O)[C@@H]1OC(C)=O. The van der Waals surface area contributed by atoms with Crippen molar-refractivity contribution in [1.29, 1.82) is 0 Å². The normalized spacial score (nSPS) is 20.4. The second-order valence-electron chi connectivity index (χ2n) is 8.75. The lowest BCUT2D eigenvalue weighted by Gasteiger charge is -2.24. The molecule has 1 fully saturated rings. The molecule has 2 aromatic heterocycles. The molecule has 4 atom stereocenters. The van der Waals surface area contributed by atoms with Gasteiger partial charge in [-0.05, 0) is 21.5 Å². The van der Waals surface area contributed by atoms with Gasteiger partial charge >= 0.3 is 17.9 Å². The standard InChI is InChI=1S/C25H26BrN5O8/c1-13(32)30(10-17-8-6-5-7-9-17)25-28-22(26)19-23(29-25)31(12-27-19)24-21(38-16(4)35)20(37-15(3)34)18(39-24)11-36-14(2)33/h5-9,12,18,20-21,24H,10-11H2,1-4H3/t18-,20-,21-,24-/m1/s1. The van der Waals surface area contributed by atoms with E-state index in [0.29, 0.717) is 10.1 Å². The Morgan fingerprint density at radius 3 is 2.26 bits per heavy atom. The Balaban J connectivity index is 1.77. The van der Waals surface area contributed by atoms with Crippen LogP contribution in [-0.4, -0.2) is 68.3 Å². The molecular formula is C25H26BrN5O8. The molecule has 1 amide bonds. The lowest BCUT2D eigenvalue weighted by atomic mass is 10.1. The maximum atomic E-state index is 12.6. The Labute approximate surface area is 231 Å². The van der Waals surface area contributed by atoms with E-state index < -0.39 is 42.4 Å². The summed E-state index contributed by atoms with van der Waals surface area (Å²) in [6.45, 7) is 5.00. The van der Waals surface area contributed by atoms with Crippen molar-refractivity contribution in [1.82, 2.24) is 19.5 Å². The number of benzene rings is 1. The van der Waals surface area contributed by atoms with E-state index in [9.17, 15) is 19.2 Å². The number of aromatic nitrogens is 4. The summed E-state index contributed by atoms with van der Waals surface area (Å²) in [5.74, 6) is -2.05. The minimum absolute atomic E-state index is 0.0995. The number of amides is 1. The van der Waals surface area contributed by atoms with Crippen LogP contribution >= 0.6 is 15.9 Å². The Morgan fingerprint density at radius 2 is 1.64 bits per heavy atom. The van der Waals surface area contributed by atoms with Crippen LogP contribution in [0.4, 0.5) is 5.95 Å². The van der Waals surface area contributed by atoms with Crippen molar-refractivity contribution < 1.29 is 38.1 Å². The molecule has 0 bridgehead atoms. The summed E-state index contributed by atoms with van der Waals surface area (Å²) < 4.78 is 24.0. The molecule has 0 spiro atoms. The predicted octanol–water partition coefficient (Wildman–Crippen LogP) is 2.47. The van der Waals surface area contributed by atoms with E-state index in [2.05, 4.69) is 30.9 Å². The average molecular weight is 604 g/mol. The van der Waals surface area contributed by atoms with Gasteiger partial charge < -0.3 is 18.9 Å². The van der Waals surface area contributed by atoms with Crippen molar-refractivity contribution in [3.8, 4) is 0 Å². The zero-order valence-corrected chi connectivity index (χ0v) is 23.2. The van der Waals surface area contributed by atoms with Gasteiger partial charge in [0.25, 0.3) is 0 Å². The first-order chi connectivity index (χ1) is 18.5. The molecule has 3 heterocycles. The second kappa shape index (κ2) is 11.9. The molecule has 14 heteroatoms. The van der Waals surface area contributed by atoms with Crippen LogP contribution in [0.5, 0.6) is 0 Å². The molecule has 3 aromatic rings. The lowest BCUT2D eigenvalue weighted by Crippen LogP contribution is -2.40. The van der Waals surface area contributed by atoms with Gasteiger partial charge in [-0.15, -0.1) is 0 Å². The highest BCUT2D eigenvalue weighted by atomic mass is 79.9. The molecule has 1 aliphatic heterocycles. The number of nitrogens with zero attached hydrogens (tertiary/aromatic N) is 5. The van der Waals surface area contributed by atoms with Crippen molar-refractivity contribution in [2.75, 3.05) is 11.5 Å². The van der Waals surface area contributed by atoms with Crippen LogP contribution in [0.1, 0.15) is 39.5 Å². The van der Waals surface area contributed by atoms with Gasteiger partial charge in [0, 0.05) is 27.7 Å². The van der Waals surface area contributed by atoms with Gasteiger partial charge in [0.2, 0.25) is 11.9 Å². The monoisotopic (exact) mass is 603 g/mol. The lowest BCUT2D eigenvalue weighted by molar-refractivity contribution is -0.166. The second-order valence-corrected chi connectivity index (χ2v) is 9.50. The largest absolute Gasteiger partial charge is 0.463 e. The fraction of sp³-hybridized carbons (Fsp3) is 0.400. The highest BCUT2D eigenvalue weighted by Gasteiger charge is 2.51. The Morgan fingerprint density at radius 1 is 0.974 bits per heavy atom. The topological polar surface area (TPSA) is 152 Å². The van der Waals surface area contributed by atoms with E-state index in [1.165, 1.54) is 43.5 Å². The number of carbonyl (C=O) groups is 4. The Hall–Kier alpha value is -3.91. The number of esters is 3.